The van der Waals surface area contributed by atoms with E-state index in [1.54, 1.807) is 0 Å². The topological polar surface area (TPSA) is 66.7 Å². The van der Waals surface area contributed by atoms with E-state index < -0.39 is 0 Å². The lowest BCUT2D eigenvalue weighted by Gasteiger charge is -2.26. The maximum absolute atomic E-state index is 5.84. The van der Waals surface area contributed by atoms with Crippen molar-refractivity contribution >= 4 is 0 Å². The average Bonchev–Trinajstić information content (AvgIpc) is 2.70. The van der Waals surface area contributed by atoms with Gasteiger partial charge in [-0.15, -0.1) is 0 Å². The standard InChI is InChI=1S/C10H18N4/c11-9-1-3-10(4-2-9)12-5-8-6-13-14-7-8/h6-7,9-10,12H,1-5,11H2,(H,13,14). The van der Waals surface area contributed by atoms with Crippen LogP contribution in [-0.4, -0.2) is 22.3 Å². The van der Waals surface area contributed by atoms with Crippen LogP contribution in [0.3, 0.4) is 0 Å². The van der Waals surface area contributed by atoms with Gasteiger partial charge in [0, 0.05) is 30.4 Å². The van der Waals surface area contributed by atoms with Crippen LogP contribution >= 0.6 is 0 Å². The van der Waals surface area contributed by atoms with Crippen molar-refractivity contribution in [3.8, 4) is 0 Å². The van der Waals surface area contributed by atoms with E-state index in [1.165, 1.54) is 18.4 Å². The van der Waals surface area contributed by atoms with Gasteiger partial charge < -0.3 is 11.1 Å². The molecule has 0 amide bonds. The Morgan fingerprint density at radius 2 is 2.21 bits per heavy atom. The van der Waals surface area contributed by atoms with Gasteiger partial charge in [-0.2, -0.15) is 5.10 Å². The first kappa shape index (κ1) is 9.68. The minimum atomic E-state index is 0.432. The highest BCUT2D eigenvalue weighted by Crippen LogP contribution is 2.17. The molecular weight excluding hydrogens is 176 g/mol. The fourth-order valence-electron chi connectivity index (χ4n) is 1.96. The molecule has 1 fully saturated rings. The van der Waals surface area contributed by atoms with Gasteiger partial charge in [-0.25, -0.2) is 0 Å². The van der Waals surface area contributed by atoms with Crippen molar-refractivity contribution in [2.24, 2.45) is 5.73 Å². The van der Waals surface area contributed by atoms with E-state index in [2.05, 4.69) is 15.5 Å². The molecule has 4 heteroatoms. The molecule has 78 valence electrons. The van der Waals surface area contributed by atoms with E-state index in [-0.39, 0.29) is 0 Å². The van der Waals surface area contributed by atoms with E-state index in [4.69, 9.17) is 5.73 Å². The molecule has 0 saturated heterocycles. The van der Waals surface area contributed by atoms with Crippen LogP contribution in [-0.2, 0) is 6.54 Å². The molecule has 1 heterocycles. The summed E-state index contributed by atoms with van der Waals surface area (Å²) in [6.45, 7) is 0.913. The molecule has 1 saturated carbocycles. The summed E-state index contributed by atoms with van der Waals surface area (Å²) in [4.78, 5) is 0. The molecule has 0 radical (unpaired) electrons. The lowest BCUT2D eigenvalue weighted by atomic mass is 9.92. The van der Waals surface area contributed by atoms with Crippen LogP contribution < -0.4 is 11.1 Å². The monoisotopic (exact) mass is 194 g/mol. The number of nitrogens with two attached hydrogens (primary N) is 1. The summed E-state index contributed by atoms with van der Waals surface area (Å²) in [5.41, 5.74) is 7.07. The predicted molar refractivity (Wildman–Crippen MR) is 55.7 cm³/mol. The summed E-state index contributed by atoms with van der Waals surface area (Å²) >= 11 is 0. The number of aromatic amines is 1. The van der Waals surface area contributed by atoms with Gasteiger partial charge in [0.2, 0.25) is 0 Å². The molecule has 1 aliphatic rings. The third-order valence-electron chi connectivity index (χ3n) is 2.92. The lowest BCUT2D eigenvalue weighted by Crippen LogP contribution is -2.36. The van der Waals surface area contributed by atoms with Crippen LogP contribution in [0.1, 0.15) is 31.2 Å². The van der Waals surface area contributed by atoms with Crippen molar-refractivity contribution in [3.63, 3.8) is 0 Å². The zero-order chi connectivity index (χ0) is 9.80. The minimum Gasteiger partial charge on any atom is -0.328 e. The van der Waals surface area contributed by atoms with Crippen LogP contribution in [0.15, 0.2) is 12.4 Å². The molecular formula is C10H18N4. The quantitative estimate of drug-likeness (QED) is 0.666. The molecule has 0 aromatic carbocycles. The Morgan fingerprint density at radius 1 is 1.43 bits per heavy atom. The second-order valence-corrected chi connectivity index (χ2v) is 4.10. The van der Waals surface area contributed by atoms with Gasteiger partial charge in [0.05, 0.1) is 6.20 Å². The van der Waals surface area contributed by atoms with Crippen molar-refractivity contribution in [3.05, 3.63) is 18.0 Å². The summed E-state index contributed by atoms with van der Waals surface area (Å²) in [6, 6.07) is 1.08. The lowest BCUT2D eigenvalue weighted by molar-refractivity contribution is 0.342. The van der Waals surface area contributed by atoms with Gasteiger partial charge in [-0.05, 0) is 25.7 Å². The second-order valence-electron chi connectivity index (χ2n) is 4.10. The number of nitrogens with zero attached hydrogens (tertiary/aromatic N) is 1. The smallest absolute Gasteiger partial charge is 0.0532 e. The summed E-state index contributed by atoms with van der Waals surface area (Å²) in [5.74, 6) is 0. The van der Waals surface area contributed by atoms with Crippen LogP contribution in [0.25, 0.3) is 0 Å². The highest BCUT2D eigenvalue weighted by molar-refractivity contribution is 5.01. The average molecular weight is 194 g/mol. The van der Waals surface area contributed by atoms with Crippen molar-refractivity contribution in [2.45, 2.75) is 44.3 Å². The fourth-order valence-corrected chi connectivity index (χ4v) is 1.96. The molecule has 4 N–H and O–H groups in total. The zero-order valence-corrected chi connectivity index (χ0v) is 8.37. The number of nitrogens with one attached hydrogen (secondary N) is 2. The van der Waals surface area contributed by atoms with E-state index >= 15 is 0 Å². The molecule has 0 bridgehead atoms. The van der Waals surface area contributed by atoms with E-state index in [1.807, 2.05) is 12.4 Å². The maximum Gasteiger partial charge on any atom is 0.0532 e. The highest BCUT2D eigenvalue weighted by atomic mass is 15.1. The van der Waals surface area contributed by atoms with Gasteiger partial charge in [0.25, 0.3) is 0 Å². The van der Waals surface area contributed by atoms with Crippen molar-refractivity contribution in [1.82, 2.24) is 15.5 Å². The maximum atomic E-state index is 5.84. The zero-order valence-electron chi connectivity index (χ0n) is 8.37. The molecule has 0 aliphatic heterocycles. The Morgan fingerprint density at radius 3 is 2.86 bits per heavy atom. The number of H-pyrrole nitrogens is 1. The van der Waals surface area contributed by atoms with Crippen molar-refractivity contribution in [1.29, 1.82) is 0 Å². The largest absolute Gasteiger partial charge is 0.328 e. The van der Waals surface area contributed by atoms with Gasteiger partial charge >= 0.3 is 0 Å². The Hall–Kier alpha value is -0.870. The Balaban J connectivity index is 1.71. The SMILES string of the molecule is NC1CCC(NCc2cn[nH]c2)CC1. The molecule has 1 aromatic heterocycles. The summed E-state index contributed by atoms with van der Waals surface area (Å²) in [7, 11) is 0. The highest BCUT2D eigenvalue weighted by Gasteiger charge is 2.17. The number of aromatic nitrogens is 2. The molecule has 4 nitrogen and oxygen atoms in total. The Bertz CT molecular complexity index is 249. The second kappa shape index (κ2) is 4.57. The summed E-state index contributed by atoms with van der Waals surface area (Å²) in [5, 5.41) is 10.3. The first-order valence-electron chi connectivity index (χ1n) is 5.31. The van der Waals surface area contributed by atoms with Gasteiger partial charge in [0.1, 0.15) is 0 Å². The number of hydrogen-bond donors (Lipinski definition) is 3. The normalized spacial score (nSPS) is 27.8. The van der Waals surface area contributed by atoms with Gasteiger partial charge in [0.15, 0.2) is 0 Å². The Kier molecular flexibility index (Phi) is 3.16. The van der Waals surface area contributed by atoms with Crippen LogP contribution in [0.4, 0.5) is 0 Å². The van der Waals surface area contributed by atoms with Crippen molar-refractivity contribution < 1.29 is 0 Å². The molecule has 14 heavy (non-hydrogen) atoms. The van der Waals surface area contributed by atoms with Crippen molar-refractivity contribution in [2.75, 3.05) is 0 Å². The van der Waals surface area contributed by atoms with Crippen LogP contribution in [0.2, 0.25) is 0 Å². The van der Waals surface area contributed by atoms with E-state index in [0.29, 0.717) is 12.1 Å². The van der Waals surface area contributed by atoms with E-state index in [0.717, 1.165) is 19.4 Å². The van der Waals surface area contributed by atoms with Crippen LogP contribution in [0, 0.1) is 0 Å². The van der Waals surface area contributed by atoms with Gasteiger partial charge in [-0.1, -0.05) is 0 Å². The summed E-state index contributed by atoms with van der Waals surface area (Å²) < 4.78 is 0. The number of rotatable bonds is 3. The predicted octanol–water partition coefficient (Wildman–Crippen LogP) is 0.769. The third kappa shape index (κ3) is 2.56. The molecule has 0 atom stereocenters. The van der Waals surface area contributed by atoms with E-state index in [9.17, 15) is 0 Å². The first-order valence-corrected chi connectivity index (χ1v) is 5.31. The molecule has 1 aliphatic carbocycles. The number of hydrogen-bond acceptors (Lipinski definition) is 3. The minimum absolute atomic E-state index is 0.432. The fraction of sp³-hybridized carbons (Fsp3) is 0.700. The van der Waals surface area contributed by atoms with Crippen LogP contribution in [0.5, 0.6) is 0 Å². The molecule has 0 unspecified atom stereocenters. The Labute approximate surface area is 84.3 Å². The molecule has 1 aromatic rings. The third-order valence-corrected chi connectivity index (χ3v) is 2.92. The van der Waals surface area contributed by atoms with Gasteiger partial charge in [-0.3, -0.25) is 5.10 Å². The summed E-state index contributed by atoms with van der Waals surface area (Å²) in [6.07, 6.45) is 8.52. The first-order chi connectivity index (χ1) is 6.84. The molecule has 2 rings (SSSR count). The molecule has 0 spiro atoms.